The Morgan fingerprint density at radius 3 is 2.63 bits per heavy atom. The Morgan fingerprint density at radius 2 is 2.16 bits per heavy atom. The molecule has 0 aromatic carbocycles. The van der Waals surface area contributed by atoms with E-state index in [1.165, 1.54) is 4.90 Å². The molecule has 1 amide bonds. The van der Waals surface area contributed by atoms with Gasteiger partial charge in [0.15, 0.2) is 6.10 Å². The predicted molar refractivity (Wildman–Crippen MR) is 65.5 cm³/mol. The van der Waals surface area contributed by atoms with E-state index in [1.54, 1.807) is 19.1 Å². The van der Waals surface area contributed by atoms with E-state index in [2.05, 4.69) is 0 Å². The first kappa shape index (κ1) is 13.6. The average molecular weight is 267 g/mol. The van der Waals surface area contributed by atoms with Crippen LogP contribution < -0.4 is 0 Å². The van der Waals surface area contributed by atoms with Crippen LogP contribution in [0.25, 0.3) is 0 Å². The number of carboxylic acids is 1. The minimum atomic E-state index is -1.11. The van der Waals surface area contributed by atoms with Crippen LogP contribution in [0.1, 0.15) is 31.4 Å². The van der Waals surface area contributed by atoms with Gasteiger partial charge < -0.3 is 19.2 Å². The molecule has 19 heavy (non-hydrogen) atoms. The summed E-state index contributed by atoms with van der Waals surface area (Å²) in [5.74, 6) is -0.226. The highest BCUT2D eigenvalue weighted by Crippen LogP contribution is 2.33. The Balaban J connectivity index is 2.43. The van der Waals surface area contributed by atoms with Crippen LogP contribution in [0.3, 0.4) is 0 Å². The van der Waals surface area contributed by atoms with Gasteiger partial charge in [0.2, 0.25) is 5.91 Å². The number of carboxylic acid groups (broad SMARTS) is 1. The van der Waals surface area contributed by atoms with Crippen molar-refractivity contribution in [1.82, 2.24) is 4.90 Å². The molecular formula is C13H17NO5. The number of morpholine rings is 1. The molecule has 1 saturated heterocycles. The van der Waals surface area contributed by atoms with Crippen LogP contribution in [-0.4, -0.2) is 40.6 Å². The molecule has 6 nitrogen and oxygen atoms in total. The number of hydrogen-bond acceptors (Lipinski definition) is 4. The van der Waals surface area contributed by atoms with Crippen molar-refractivity contribution >= 4 is 11.9 Å². The molecule has 6 heteroatoms. The zero-order valence-electron chi connectivity index (χ0n) is 11.1. The molecule has 0 saturated carbocycles. The number of hydrogen-bond donors (Lipinski definition) is 1. The van der Waals surface area contributed by atoms with Gasteiger partial charge in [-0.3, -0.25) is 4.79 Å². The summed E-state index contributed by atoms with van der Waals surface area (Å²) in [5.41, 5.74) is 0. The van der Waals surface area contributed by atoms with E-state index in [-0.39, 0.29) is 18.6 Å². The summed E-state index contributed by atoms with van der Waals surface area (Å²) in [5, 5.41) is 9.26. The lowest BCUT2D eigenvalue weighted by atomic mass is 10.0. The minimum absolute atomic E-state index is 0.131. The van der Waals surface area contributed by atoms with Gasteiger partial charge in [-0.25, -0.2) is 4.79 Å². The molecule has 2 unspecified atom stereocenters. The number of furan rings is 1. The quantitative estimate of drug-likeness (QED) is 0.894. The summed E-state index contributed by atoms with van der Waals surface area (Å²) in [7, 11) is 0. The summed E-state index contributed by atoms with van der Waals surface area (Å²) in [6.07, 6.45) is -1.11. The molecule has 104 valence electrons. The summed E-state index contributed by atoms with van der Waals surface area (Å²) in [6.45, 7) is 5.23. The van der Waals surface area contributed by atoms with E-state index in [1.807, 2.05) is 13.8 Å². The normalized spacial score (nSPS) is 24.0. The van der Waals surface area contributed by atoms with Gasteiger partial charge in [-0.05, 0) is 32.9 Å². The van der Waals surface area contributed by atoms with E-state index in [0.717, 1.165) is 0 Å². The van der Waals surface area contributed by atoms with Gasteiger partial charge in [0.1, 0.15) is 24.2 Å². The van der Waals surface area contributed by atoms with Crippen molar-refractivity contribution in [2.24, 2.45) is 0 Å². The number of carbonyl (C=O) groups is 2. The van der Waals surface area contributed by atoms with Crippen LogP contribution in [0, 0.1) is 6.92 Å². The maximum atomic E-state index is 12.0. The number of amides is 1. The summed E-state index contributed by atoms with van der Waals surface area (Å²) < 4.78 is 10.7. The Morgan fingerprint density at radius 1 is 1.47 bits per heavy atom. The van der Waals surface area contributed by atoms with Crippen molar-refractivity contribution in [2.45, 2.75) is 39.0 Å². The Kier molecular flexibility index (Phi) is 3.61. The molecule has 1 aromatic rings. The van der Waals surface area contributed by atoms with Crippen molar-refractivity contribution in [3.05, 3.63) is 23.7 Å². The first-order valence-electron chi connectivity index (χ1n) is 6.13. The average Bonchev–Trinajstić information content (AvgIpc) is 2.74. The van der Waals surface area contributed by atoms with Gasteiger partial charge in [0.05, 0.1) is 0 Å². The topological polar surface area (TPSA) is 80.0 Å². The molecule has 2 atom stereocenters. The smallest absolute Gasteiger partial charge is 0.335 e. The fourth-order valence-electron chi connectivity index (χ4n) is 2.34. The fraction of sp³-hybridized carbons (Fsp3) is 0.538. The summed E-state index contributed by atoms with van der Waals surface area (Å²) >= 11 is 0. The molecule has 0 spiro atoms. The zero-order valence-corrected chi connectivity index (χ0v) is 11.1. The van der Waals surface area contributed by atoms with Gasteiger partial charge in [-0.1, -0.05) is 0 Å². The molecule has 1 aliphatic rings. The van der Waals surface area contributed by atoms with Crippen molar-refractivity contribution in [3.63, 3.8) is 0 Å². The molecule has 1 fully saturated rings. The Hall–Kier alpha value is -1.82. The predicted octanol–water partition coefficient (Wildman–Crippen LogP) is 1.35. The maximum absolute atomic E-state index is 12.0. The summed E-state index contributed by atoms with van der Waals surface area (Å²) in [6, 6.07) is 2.57. The third kappa shape index (κ3) is 2.49. The van der Waals surface area contributed by atoms with Crippen LogP contribution in [0.4, 0.5) is 0 Å². The van der Waals surface area contributed by atoms with E-state index in [4.69, 9.17) is 9.15 Å². The monoisotopic (exact) mass is 267 g/mol. The van der Waals surface area contributed by atoms with E-state index in [9.17, 15) is 14.7 Å². The SMILES string of the molecule is Cc1ccc(C2C(C(=O)O)OCC(=O)N2C(C)C)o1. The van der Waals surface area contributed by atoms with Crippen LogP contribution in [0.5, 0.6) is 0 Å². The Bertz CT molecular complexity index is 493. The first-order valence-corrected chi connectivity index (χ1v) is 6.13. The second-order valence-electron chi connectivity index (χ2n) is 4.86. The number of nitrogens with zero attached hydrogens (tertiary/aromatic N) is 1. The van der Waals surface area contributed by atoms with Crippen molar-refractivity contribution in [1.29, 1.82) is 0 Å². The van der Waals surface area contributed by atoms with E-state index < -0.39 is 18.1 Å². The van der Waals surface area contributed by atoms with E-state index in [0.29, 0.717) is 11.5 Å². The number of rotatable bonds is 3. The van der Waals surface area contributed by atoms with Crippen LogP contribution in [0.15, 0.2) is 16.5 Å². The second-order valence-corrected chi connectivity index (χ2v) is 4.86. The number of aryl methyl sites for hydroxylation is 1. The van der Waals surface area contributed by atoms with Crippen molar-refractivity contribution in [3.8, 4) is 0 Å². The largest absolute Gasteiger partial charge is 0.479 e. The molecule has 1 aliphatic heterocycles. The molecule has 2 heterocycles. The highest BCUT2D eigenvalue weighted by Gasteiger charge is 2.44. The number of ether oxygens (including phenoxy) is 1. The first-order chi connectivity index (χ1) is 8.91. The highest BCUT2D eigenvalue weighted by atomic mass is 16.5. The van der Waals surface area contributed by atoms with Crippen LogP contribution >= 0.6 is 0 Å². The minimum Gasteiger partial charge on any atom is -0.479 e. The fourth-order valence-corrected chi connectivity index (χ4v) is 2.34. The lowest BCUT2D eigenvalue weighted by molar-refractivity contribution is -0.176. The molecule has 1 aromatic heterocycles. The van der Waals surface area contributed by atoms with E-state index >= 15 is 0 Å². The van der Waals surface area contributed by atoms with Gasteiger partial charge in [0.25, 0.3) is 0 Å². The second kappa shape index (κ2) is 5.05. The standard InChI is InChI=1S/C13H17NO5/c1-7(2)14-10(15)6-18-12(13(16)17)11(14)9-5-4-8(3)19-9/h4-5,7,11-12H,6H2,1-3H3,(H,16,17). The molecule has 0 bridgehead atoms. The maximum Gasteiger partial charge on any atom is 0.335 e. The van der Waals surface area contributed by atoms with Crippen molar-refractivity contribution < 1.29 is 23.8 Å². The number of carbonyl (C=O) groups excluding carboxylic acids is 1. The van der Waals surface area contributed by atoms with Gasteiger partial charge in [0, 0.05) is 6.04 Å². The highest BCUT2D eigenvalue weighted by molar-refractivity contribution is 5.83. The lowest BCUT2D eigenvalue weighted by Gasteiger charge is -2.40. The van der Waals surface area contributed by atoms with Crippen molar-refractivity contribution in [2.75, 3.05) is 6.61 Å². The molecule has 0 aliphatic carbocycles. The molecule has 2 rings (SSSR count). The Labute approximate surface area is 110 Å². The third-order valence-corrected chi connectivity index (χ3v) is 3.11. The molecular weight excluding hydrogens is 250 g/mol. The molecule has 1 N–H and O–H groups in total. The number of aliphatic carboxylic acids is 1. The van der Waals surface area contributed by atoms with Crippen LogP contribution in [-0.2, 0) is 14.3 Å². The lowest BCUT2D eigenvalue weighted by Crippen LogP contribution is -2.54. The van der Waals surface area contributed by atoms with Gasteiger partial charge in [-0.2, -0.15) is 0 Å². The van der Waals surface area contributed by atoms with Gasteiger partial charge >= 0.3 is 5.97 Å². The van der Waals surface area contributed by atoms with Gasteiger partial charge in [-0.15, -0.1) is 0 Å². The zero-order chi connectivity index (χ0) is 14.2. The third-order valence-electron chi connectivity index (χ3n) is 3.11. The summed E-state index contributed by atoms with van der Waals surface area (Å²) in [4.78, 5) is 24.8. The van der Waals surface area contributed by atoms with Crippen LogP contribution in [0.2, 0.25) is 0 Å². The molecule has 0 radical (unpaired) electrons.